The number of carboxylic acids is 1. The topological polar surface area (TPSA) is 102 Å². The Bertz CT molecular complexity index is 641. The van der Waals surface area contributed by atoms with Crippen molar-refractivity contribution in [2.24, 2.45) is 0 Å². The first-order chi connectivity index (χ1) is 9.65. The molecular weight excluding hydrogens is 264 g/mol. The Balaban J connectivity index is 1.90. The van der Waals surface area contributed by atoms with E-state index in [-0.39, 0.29) is 12.5 Å². The van der Waals surface area contributed by atoms with Crippen LogP contribution in [0.5, 0.6) is 0 Å². The summed E-state index contributed by atoms with van der Waals surface area (Å²) in [6, 6.07) is 0. The Hall–Kier alpha value is -2.22. The molecule has 3 heterocycles. The van der Waals surface area contributed by atoms with Crippen molar-refractivity contribution in [3.63, 3.8) is 0 Å². The number of fused-ring (bicyclic) bond motifs is 1. The van der Waals surface area contributed by atoms with Gasteiger partial charge in [0.05, 0.1) is 24.8 Å². The molecule has 1 atom stereocenters. The molecule has 1 fully saturated rings. The van der Waals surface area contributed by atoms with Crippen LogP contribution in [0, 0.1) is 6.92 Å². The number of rotatable bonds is 3. The monoisotopic (exact) mass is 278 g/mol. The van der Waals surface area contributed by atoms with Gasteiger partial charge in [-0.3, -0.25) is 4.79 Å². The predicted molar refractivity (Wildman–Crippen MR) is 68.5 cm³/mol. The van der Waals surface area contributed by atoms with Crippen molar-refractivity contribution < 1.29 is 19.2 Å². The first-order valence-corrected chi connectivity index (χ1v) is 6.30. The molecular formula is C12H14N4O4. The third-order valence-electron chi connectivity index (χ3n) is 3.26. The van der Waals surface area contributed by atoms with E-state index in [0.29, 0.717) is 31.2 Å². The molecule has 20 heavy (non-hydrogen) atoms. The number of anilines is 1. The van der Waals surface area contributed by atoms with Gasteiger partial charge in [-0.05, 0) is 6.92 Å². The van der Waals surface area contributed by atoms with E-state index in [4.69, 9.17) is 14.4 Å². The summed E-state index contributed by atoms with van der Waals surface area (Å²) < 4.78 is 10.6. The normalized spacial score (nSPS) is 19.4. The highest BCUT2D eigenvalue weighted by molar-refractivity contribution is 5.87. The second kappa shape index (κ2) is 5.04. The van der Waals surface area contributed by atoms with Crippen LogP contribution in [0.1, 0.15) is 12.1 Å². The molecule has 0 aromatic carbocycles. The van der Waals surface area contributed by atoms with Crippen LogP contribution in [-0.4, -0.2) is 52.0 Å². The standard InChI is InChI=1S/C12H14N4O4/c1-7-10-11(13-6-14-12(10)20-15-7)16-2-3-19-8(5-16)4-9(17)18/h6,8H,2-5H2,1H3,(H,17,18). The van der Waals surface area contributed by atoms with Gasteiger partial charge < -0.3 is 19.3 Å². The molecule has 0 saturated carbocycles. The Morgan fingerprint density at radius 2 is 2.40 bits per heavy atom. The van der Waals surface area contributed by atoms with Crippen LogP contribution in [0.3, 0.4) is 0 Å². The summed E-state index contributed by atoms with van der Waals surface area (Å²) in [6.07, 6.45) is 1.06. The van der Waals surface area contributed by atoms with E-state index < -0.39 is 5.97 Å². The van der Waals surface area contributed by atoms with Crippen LogP contribution >= 0.6 is 0 Å². The number of aliphatic carboxylic acids is 1. The maximum atomic E-state index is 10.8. The molecule has 106 valence electrons. The molecule has 2 aromatic rings. The first-order valence-electron chi connectivity index (χ1n) is 6.30. The highest BCUT2D eigenvalue weighted by Gasteiger charge is 2.26. The zero-order valence-electron chi connectivity index (χ0n) is 10.9. The Labute approximate surface area is 114 Å². The number of carbonyl (C=O) groups is 1. The SMILES string of the molecule is Cc1noc2ncnc(N3CCOC(CC(=O)O)C3)c12. The fourth-order valence-electron chi connectivity index (χ4n) is 2.37. The van der Waals surface area contributed by atoms with Gasteiger partial charge in [0.15, 0.2) is 0 Å². The maximum Gasteiger partial charge on any atom is 0.306 e. The third-order valence-corrected chi connectivity index (χ3v) is 3.26. The number of aromatic nitrogens is 3. The van der Waals surface area contributed by atoms with E-state index in [2.05, 4.69) is 15.1 Å². The van der Waals surface area contributed by atoms with Gasteiger partial charge in [0.2, 0.25) is 0 Å². The predicted octanol–water partition coefficient (Wildman–Crippen LogP) is 0.606. The van der Waals surface area contributed by atoms with Gasteiger partial charge in [0, 0.05) is 13.1 Å². The van der Waals surface area contributed by atoms with E-state index >= 15 is 0 Å². The second-order valence-corrected chi connectivity index (χ2v) is 4.68. The number of hydrogen-bond acceptors (Lipinski definition) is 7. The molecule has 0 aliphatic carbocycles. The van der Waals surface area contributed by atoms with Gasteiger partial charge in [0.25, 0.3) is 5.71 Å². The number of ether oxygens (including phenoxy) is 1. The summed E-state index contributed by atoms with van der Waals surface area (Å²) >= 11 is 0. The highest BCUT2D eigenvalue weighted by Crippen LogP contribution is 2.27. The van der Waals surface area contributed by atoms with Crippen molar-refractivity contribution in [3.05, 3.63) is 12.0 Å². The molecule has 0 spiro atoms. The minimum Gasteiger partial charge on any atom is -0.481 e. The van der Waals surface area contributed by atoms with Crippen molar-refractivity contribution in [3.8, 4) is 0 Å². The minimum atomic E-state index is -0.870. The van der Waals surface area contributed by atoms with Gasteiger partial charge >= 0.3 is 5.97 Å². The van der Waals surface area contributed by atoms with Crippen LogP contribution < -0.4 is 4.90 Å². The molecule has 2 aromatic heterocycles. The Kier molecular flexibility index (Phi) is 3.23. The molecule has 0 bridgehead atoms. The number of nitrogens with zero attached hydrogens (tertiary/aromatic N) is 4. The summed E-state index contributed by atoms with van der Waals surface area (Å²) in [5.74, 6) is -0.154. The number of aryl methyl sites for hydroxylation is 1. The minimum absolute atomic E-state index is 0.0205. The smallest absolute Gasteiger partial charge is 0.306 e. The lowest BCUT2D eigenvalue weighted by molar-refractivity contribution is -0.140. The van der Waals surface area contributed by atoms with E-state index in [1.165, 1.54) is 6.33 Å². The zero-order chi connectivity index (χ0) is 14.1. The van der Waals surface area contributed by atoms with Gasteiger partial charge in [-0.2, -0.15) is 4.98 Å². The number of carboxylic acid groups (broad SMARTS) is 1. The fourth-order valence-corrected chi connectivity index (χ4v) is 2.37. The van der Waals surface area contributed by atoms with Crippen LogP contribution in [-0.2, 0) is 9.53 Å². The molecule has 1 unspecified atom stereocenters. The molecule has 8 nitrogen and oxygen atoms in total. The van der Waals surface area contributed by atoms with E-state index in [1.807, 2.05) is 11.8 Å². The quantitative estimate of drug-likeness (QED) is 0.871. The molecule has 1 aliphatic heterocycles. The van der Waals surface area contributed by atoms with Crippen molar-refractivity contribution in [2.45, 2.75) is 19.4 Å². The molecule has 0 amide bonds. The van der Waals surface area contributed by atoms with Crippen LogP contribution in [0.15, 0.2) is 10.9 Å². The molecule has 1 aliphatic rings. The van der Waals surface area contributed by atoms with Crippen LogP contribution in [0.25, 0.3) is 11.1 Å². The molecule has 8 heteroatoms. The molecule has 0 radical (unpaired) electrons. The Morgan fingerprint density at radius 1 is 1.55 bits per heavy atom. The average Bonchev–Trinajstić information content (AvgIpc) is 2.80. The fraction of sp³-hybridized carbons (Fsp3) is 0.500. The van der Waals surface area contributed by atoms with E-state index in [9.17, 15) is 4.79 Å². The van der Waals surface area contributed by atoms with Crippen LogP contribution in [0.2, 0.25) is 0 Å². The van der Waals surface area contributed by atoms with Gasteiger partial charge in [-0.1, -0.05) is 5.16 Å². The van der Waals surface area contributed by atoms with Gasteiger partial charge in [0.1, 0.15) is 17.5 Å². The second-order valence-electron chi connectivity index (χ2n) is 4.68. The molecule has 1 saturated heterocycles. The summed E-state index contributed by atoms with van der Waals surface area (Å²) in [4.78, 5) is 21.1. The van der Waals surface area contributed by atoms with Crippen LogP contribution in [0.4, 0.5) is 5.82 Å². The van der Waals surface area contributed by atoms with Gasteiger partial charge in [-0.15, -0.1) is 0 Å². The zero-order valence-corrected chi connectivity index (χ0v) is 10.9. The Morgan fingerprint density at radius 3 is 3.20 bits per heavy atom. The maximum absolute atomic E-state index is 10.8. The largest absolute Gasteiger partial charge is 0.481 e. The number of hydrogen-bond donors (Lipinski definition) is 1. The number of morpholine rings is 1. The summed E-state index contributed by atoms with van der Waals surface area (Å²) in [5.41, 5.74) is 1.16. The first kappa shape index (κ1) is 12.8. The molecule has 3 rings (SSSR count). The highest BCUT2D eigenvalue weighted by atomic mass is 16.5. The summed E-state index contributed by atoms with van der Waals surface area (Å²) in [6.45, 7) is 3.41. The lowest BCUT2D eigenvalue weighted by Crippen LogP contribution is -2.43. The van der Waals surface area contributed by atoms with Crippen molar-refractivity contribution in [2.75, 3.05) is 24.6 Å². The van der Waals surface area contributed by atoms with Crippen molar-refractivity contribution in [1.29, 1.82) is 0 Å². The summed E-state index contributed by atoms with van der Waals surface area (Å²) in [7, 11) is 0. The van der Waals surface area contributed by atoms with E-state index in [0.717, 1.165) is 11.1 Å². The molecule has 1 N–H and O–H groups in total. The average molecular weight is 278 g/mol. The van der Waals surface area contributed by atoms with Crippen molar-refractivity contribution in [1.82, 2.24) is 15.1 Å². The third kappa shape index (κ3) is 2.29. The van der Waals surface area contributed by atoms with Crippen molar-refractivity contribution >= 4 is 22.9 Å². The lowest BCUT2D eigenvalue weighted by Gasteiger charge is -2.33. The van der Waals surface area contributed by atoms with Gasteiger partial charge in [-0.25, -0.2) is 4.98 Å². The lowest BCUT2D eigenvalue weighted by atomic mass is 10.2. The summed E-state index contributed by atoms with van der Waals surface area (Å²) in [5, 5.41) is 13.5. The van der Waals surface area contributed by atoms with E-state index in [1.54, 1.807) is 0 Å².